The molecule has 6 nitrogen and oxygen atoms in total. The van der Waals surface area contributed by atoms with Gasteiger partial charge in [-0.15, -0.1) is 0 Å². The third-order valence-electron chi connectivity index (χ3n) is 4.16. The van der Waals surface area contributed by atoms with E-state index in [4.69, 9.17) is 0 Å². The molecule has 2 aromatic rings. The highest BCUT2D eigenvalue weighted by Crippen LogP contribution is 2.10. The molecule has 1 aliphatic heterocycles. The molecule has 0 saturated carbocycles. The van der Waals surface area contributed by atoms with Gasteiger partial charge in [-0.05, 0) is 38.1 Å². The average Bonchev–Trinajstić information content (AvgIpc) is 2.79. The van der Waals surface area contributed by atoms with E-state index in [2.05, 4.69) is 14.9 Å². The summed E-state index contributed by atoms with van der Waals surface area (Å²) in [6, 6.07) is 3.52. The van der Waals surface area contributed by atoms with Gasteiger partial charge < -0.3 is 10.0 Å². The molecule has 3 rings (SSSR count). The first-order valence-electron chi connectivity index (χ1n) is 7.94. The molecule has 22 heavy (non-hydrogen) atoms. The van der Waals surface area contributed by atoms with Gasteiger partial charge in [-0.1, -0.05) is 12.8 Å². The molecule has 0 spiro atoms. The van der Waals surface area contributed by atoms with Gasteiger partial charge in [0.15, 0.2) is 5.52 Å². The third kappa shape index (κ3) is 3.51. The molecular formula is C16H22N4O2. The summed E-state index contributed by atoms with van der Waals surface area (Å²) in [6.45, 7) is 2.93. The fraction of sp³-hybridized carbons (Fsp3) is 0.562. The highest BCUT2D eigenvalue weighted by atomic mass is 16.3. The minimum atomic E-state index is -0.571. The summed E-state index contributed by atoms with van der Waals surface area (Å²) >= 11 is 0. The molecule has 1 saturated heterocycles. The molecule has 1 fully saturated rings. The minimum Gasteiger partial charge on any atom is -0.390 e. The van der Waals surface area contributed by atoms with Crippen LogP contribution >= 0.6 is 0 Å². The topological polar surface area (TPSA) is 71.2 Å². The van der Waals surface area contributed by atoms with Crippen molar-refractivity contribution in [3.8, 4) is 0 Å². The van der Waals surface area contributed by atoms with Crippen molar-refractivity contribution < 1.29 is 5.11 Å². The average molecular weight is 302 g/mol. The molecule has 0 aliphatic carbocycles. The molecule has 1 atom stereocenters. The lowest BCUT2D eigenvalue weighted by molar-refractivity contribution is 0.0986. The molecule has 0 radical (unpaired) electrons. The summed E-state index contributed by atoms with van der Waals surface area (Å²) in [5, 5.41) is 10.3. The molecule has 0 aromatic carbocycles. The number of rotatable bonds is 4. The van der Waals surface area contributed by atoms with Crippen LogP contribution in [0, 0.1) is 0 Å². The van der Waals surface area contributed by atoms with E-state index in [-0.39, 0.29) is 12.1 Å². The van der Waals surface area contributed by atoms with Crippen molar-refractivity contribution in [2.24, 2.45) is 0 Å². The molecule has 0 amide bonds. The van der Waals surface area contributed by atoms with Crippen molar-refractivity contribution in [1.29, 1.82) is 0 Å². The van der Waals surface area contributed by atoms with Crippen LogP contribution in [-0.4, -0.2) is 50.3 Å². The monoisotopic (exact) mass is 302 g/mol. The van der Waals surface area contributed by atoms with Crippen molar-refractivity contribution in [1.82, 2.24) is 19.4 Å². The SMILES string of the molecule is O=c1c2ncccc2ncn1C[C@@H](O)CN1CCCCCC1. The van der Waals surface area contributed by atoms with E-state index in [0.717, 1.165) is 13.1 Å². The Kier molecular flexibility index (Phi) is 4.80. The zero-order valence-corrected chi connectivity index (χ0v) is 12.7. The highest BCUT2D eigenvalue weighted by molar-refractivity contribution is 5.71. The van der Waals surface area contributed by atoms with Gasteiger partial charge >= 0.3 is 0 Å². The van der Waals surface area contributed by atoms with Crippen LogP contribution in [-0.2, 0) is 6.54 Å². The molecule has 6 heteroatoms. The Morgan fingerprint density at radius 1 is 1.14 bits per heavy atom. The van der Waals surface area contributed by atoms with Crippen LogP contribution in [0.15, 0.2) is 29.5 Å². The van der Waals surface area contributed by atoms with Crippen LogP contribution in [0.5, 0.6) is 0 Å². The summed E-state index contributed by atoms with van der Waals surface area (Å²) < 4.78 is 1.46. The van der Waals surface area contributed by atoms with E-state index < -0.39 is 6.10 Å². The van der Waals surface area contributed by atoms with Crippen molar-refractivity contribution >= 4 is 11.0 Å². The fourth-order valence-electron chi connectivity index (χ4n) is 3.02. The number of aliphatic hydroxyl groups excluding tert-OH is 1. The summed E-state index contributed by atoms with van der Waals surface area (Å²) in [4.78, 5) is 23.0. The molecule has 1 aliphatic rings. The predicted molar refractivity (Wildman–Crippen MR) is 84.7 cm³/mol. The number of nitrogens with zero attached hydrogens (tertiary/aromatic N) is 4. The molecule has 2 aromatic heterocycles. The standard InChI is InChI=1S/C16H22N4O2/c21-13(10-19-8-3-1-2-4-9-19)11-20-12-18-14-6-5-7-17-15(14)16(20)22/h5-7,12-13,21H,1-4,8-11H2/t13-/m0/s1. The number of aliphatic hydroxyl groups is 1. The number of hydrogen-bond acceptors (Lipinski definition) is 5. The lowest BCUT2D eigenvalue weighted by Gasteiger charge is -2.23. The van der Waals surface area contributed by atoms with E-state index in [0.29, 0.717) is 17.6 Å². The molecule has 0 bridgehead atoms. The lowest BCUT2D eigenvalue weighted by Crippen LogP contribution is -2.37. The quantitative estimate of drug-likeness (QED) is 0.913. The van der Waals surface area contributed by atoms with Crippen molar-refractivity contribution in [3.05, 3.63) is 35.0 Å². The van der Waals surface area contributed by atoms with E-state index in [1.165, 1.54) is 36.6 Å². The zero-order valence-electron chi connectivity index (χ0n) is 12.7. The van der Waals surface area contributed by atoms with Gasteiger partial charge in [0.1, 0.15) is 0 Å². The lowest BCUT2D eigenvalue weighted by atomic mass is 10.2. The van der Waals surface area contributed by atoms with Crippen LogP contribution < -0.4 is 5.56 Å². The highest BCUT2D eigenvalue weighted by Gasteiger charge is 2.15. The second-order valence-corrected chi connectivity index (χ2v) is 5.94. The molecule has 3 heterocycles. The number of β-amino-alcohol motifs (C(OH)–C–C–N with tert-alkyl or cyclic N) is 1. The molecule has 1 N–H and O–H groups in total. The minimum absolute atomic E-state index is 0.194. The predicted octanol–water partition coefficient (Wildman–Crippen LogP) is 1.03. The first kappa shape index (κ1) is 15.1. The molecule has 0 unspecified atom stereocenters. The Morgan fingerprint density at radius 3 is 2.68 bits per heavy atom. The Bertz CT molecular complexity index is 677. The zero-order chi connectivity index (χ0) is 15.4. The molecular weight excluding hydrogens is 280 g/mol. The van der Waals surface area contributed by atoms with Crippen LogP contribution in [0.3, 0.4) is 0 Å². The number of likely N-dealkylation sites (tertiary alicyclic amines) is 1. The maximum absolute atomic E-state index is 12.3. The summed E-state index contributed by atoms with van der Waals surface area (Å²) in [6.07, 6.45) is 7.43. The largest absolute Gasteiger partial charge is 0.390 e. The number of aromatic nitrogens is 3. The number of pyridine rings is 1. The van der Waals surface area contributed by atoms with E-state index >= 15 is 0 Å². The van der Waals surface area contributed by atoms with Crippen LogP contribution in [0.4, 0.5) is 0 Å². The Hall–Kier alpha value is -1.79. The van der Waals surface area contributed by atoms with Gasteiger partial charge in [0.25, 0.3) is 5.56 Å². The summed E-state index contributed by atoms with van der Waals surface area (Å²) in [5.74, 6) is 0. The van der Waals surface area contributed by atoms with E-state index in [1.807, 2.05) is 0 Å². The first-order chi connectivity index (χ1) is 10.7. The second-order valence-electron chi connectivity index (χ2n) is 5.94. The first-order valence-corrected chi connectivity index (χ1v) is 7.94. The second kappa shape index (κ2) is 6.98. The van der Waals surface area contributed by atoms with Crippen LogP contribution in [0.1, 0.15) is 25.7 Å². The van der Waals surface area contributed by atoms with Gasteiger partial charge in [0.05, 0.1) is 24.5 Å². The van der Waals surface area contributed by atoms with Gasteiger partial charge in [-0.2, -0.15) is 0 Å². The van der Waals surface area contributed by atoms with Crippen LogP contribution in [0.2, 0.25) is 0 Å². The summed E-state index contributed by atoms with van der Waals surface area (Å²) in [7, 11) is 0. The van der Waals surface area contributed by atoms with Crippen molar-refractivity contribution in [3.63, 3.8) is 0 Å². The van der Waals surface area contributed by atoms with Crippen molar-refractivity contribution in [2.75, 3.05) is 19.6 Å². The number of fused-ring (bicyclic) bond motifs is 1. The van der Waals surface area contributed by atoms with Gasteiger partial charge in [-0.3, -0.25) is 9.36 Å². The van der Waals surface area contributed by atoms with Gasteiger partial charge in [-0.25, -0.2) is 9.97 Å². The van der Waals surface area contributed by atoms with Crippen LogP contribution in [0.25, 0.3) is 11.0 Å². The smallest absolute Gasteiger partial charge is 0.279 e. The Labute approximate surface area is 129 Å². The van der Waals surface area contributed by atoms with Crippen molar-refractivity contribution in [2.45, 2.75) is 38.3 Å². The summed E-state index contributed by atoms with van der Waals surface area (Å²) in [5.41, 5.74) is 0.748. The van der Waals surface area contributed by atoms with E-state index in [1.54, 1.807) is 18.3 Å². The normalized spacial score (nSPS) is 18.2. The van der Waals surface area contributed by atoms with Gasteiger partial charge in [0, 0.05) is 12.7 Å². The fourth-order valence-corrected chi connectivity index (χ4v) is 3.02. The Balaban J connectivity index is 1.69. The third-order valence-corrected chi connectivity index (χ3v) is 4.16. The Morgan fingerprint density at radius 2 is 1.91 bits per heavy atom. The number of hydrogen-bond donors (Lipinski definition) is 1. The molecule has 118 valence electrons. The maximum atomic E-state index is 12.3. The maximum Gasteiger partial charge on any atom is 0.279 e. The van der Waals surface area contributed by atoms with E-state index in [9.17, 15) is 9.90 Å². The van der Waals surface area contributed by atoms with Gasteiger partial charge in [0.2, 0.25) is 0 Å².